The first kappa shape index (κ1) is 8.36. The SMILES string of the molecule is CCc1ccc(C2CC2CBr)o1. The Bertz CT molecular complexity index is 267. The number of hydrogen-bond acceptors (Lipinski definition) is 1. The third kappa shape index (κ3) is 1.45. The van der Waals surface area contributed by atoms with Crippen LogP contribution in [-0.4, -0.2) is 5.33 Å². The molecule has 12 heavy (non-hydrogen) atoms. The molecular weight excluding hydrogens is 216 g/mol. The Kier molecular flexibility index (Phi) is 2.26. The molecule has 0 aromatic carbocycles. The first-order valence-corrected chi connectivity index (χ1v) is 5.62. The third-order valence-electron chi connectivity index (χ3n) is 2.52. The van der Waals surface area contributed by atoms with E-state index < -0.39 is 0 Å². The summed E-state index contributed by atoms with van der Waals surface area (Å²) in [7, 11) is 0. The molecule has 0 N–H and O–H groups in total. The fraction of sp³-hybridized carbons (Fsp3) is 0.600. The lowest BCUT2D eigenvalue weighted by atomic mass is 10.3. The van der Waals surface area contributed by atoms with Crippen molar-refractivity contribution in [2.75, 3.05) is 5.33 Å². The molecule has 0 radical (unpaired) electrons. The van der Waals surface area contributed by atoms with Gasteiger partial charge < -0.3 is 4.42 Å². The zero-order chi connectivity index (χ0) is 8.55. The van der Waals surface area contributed by atoms with Crippen molar-refractivity contribution in [3.8, 4) is 0 Å². The van der Waals surface area contributed by atoms with Crippen molar-refractivity contribution in [3.63, 3.8) is 0 Å². The topological polar surface area (TPSA) is 13.1 Å². The molecule has 2 heteroatoms. The van der Waals surface area contributed by atoms with Gasteiger partial charge in [0, 0.05) is 17.7 Å². The average Bonchev–Trinajstić information content (AvgIpc) is 2.75. The largest absolute Gasteiger partial charge is 0.466 e. The van der Waals surface area contributed by atoms with Crippen molar-refractivity contribution >= 4 is 15.9 Å². The lowest BCUT2D eigenvalue weighted by Crippen LogP contribution is -1.80. The molecule has 2 rings (SSSR count). The smallest absolute Gasteiger partial charge is 0.107 e. The Hall–Kier alpha value is -0.240. The van der Waals surface area contributed by atoms with Crippen molar-refractivity contribution in [1.29, 1.82) is 0 Å². The van der Waals surface area contributed by atoms with Gasteiger partial charge in [0.05, 0.1) is 0 Å². The quantitative estimate of drug-likeness (QED) is 0.724. The van der Waals surface area contributed by atoms with E-state index in [2.05, 4.69) is 35.0 Å². The van der Waals surface area contributed by atoms with E-state index in [0.29, 0.717) is 5.92 Å². The minimum atomic E-state index is 0.699. The van der Waals surface area contributed by atoms with Gasteiger partial charge in [-0.3, -0.25) is 0 Å². The van der Waals surface area contributed by atoms with Crippen molar-refractivity contribution < 1.29 is 4.42 Å². The second kappa shape index (κ2) is 3.25. The highest BCUT2D eigenvalue weighted by Gasteiger charge is 2.39. The van der Waals surface area contributed by atoms with Crippen molar-refractivity contribution in [1.82, 2.24) is 0 Å². The molecule has 0 saturated heterocycles. The third-order valence-corrected chi connectivity index (χ3v) is 3.35. The molecule has 0 spiro atoms. The molecule has 0 amide bonds. The fourth-order valence-electron chi connectivity index (χ4n) is 1.55. The normalized spacial score (nSPS) is 27.5. The molecule has 1 heterocycles. The van der Waals surface area contributed by atoms with Crippen LogP contribution in [0, 0.1) is 5.92 Å². The van der Waals surface area contributed by atoms with Gasteiger partial charge in [0.15, 0.2) is 0 Å². The highest BCUT2D eigenvalue weighted by molar-refractivity contribution is 9.09. The maximum Gasteiger partial charge on any atom is 0.107 e. The molecule has 1 aliphatic rings. The number of alkyl halides is 1. The Morgan fingerprint density at radius 3 is 2.92 bits per heavy atom. The van der Waals surface area contributed by atoms with Crippen LogP contribution in [0.1, 0.15) is 30.8 Å². The van der Waals surface area contributed by atoms with Crippen molar-refractivity contribution in [2.45, 2.75) is 25.7 Å². The molecule has 2 unspecified atom stereocenters. The van der Waals surface area contributed by atoms with E-state index in [-0.39, 0.29) is 0 Å². The minimum Gasteiger partial charge on any atom is -0.466 e. The Balaban J connectivity index is 2.05. The van der Waals surface area contributed by atoms with Crippen molar-refractivity contribution in [2.24, 2.45) is 5.92 Å². The van der Waals surface area contributed by atoms with Crippen LogP contribution in [0.15, 0.2) is 16.5 Å². The van der Waals surface area contributed by atoms with E-state index in [4.69, 9.17) is 4.42 Å². The first-order valence-electron chi connectivity index (χ1n) is 4.49. The molecule has 0 bridgehead atoms. The second-order valence-electron chi connectivity index (χ2n) is 3.41. The minimum absolute atomic E-state index is 0.699. The van der Waals surface area contributed by atoms with E-state index in [9.17, 15) is 0 Å². The summed E-state index contributed by atoms with van der Waals surface area (Å²) in [5.74, 6) is 3.83. The van der Waals surface area contributed by atoms with Crippen LogP contribution in [-0.2, 0) is 6.42 Å². The molecule has 1 fully saturated rings. The zero-order valence-corrected chi connectivity index (χ0v) is 8.80. The van der Waals surface area contributed by atoms with Crippen LogP contribution in [0.2, 0.25) is 0 Å². The standard InChI is InChI=1S/C10H13BrO/c1-2-8-3-4-10(12-8)9-5-7(9)6-11/h3-4,7,9H,2,5-6H2,1H3. The van der Waals surface area contributed by atoms with E-state index in [1.165, 1.54) is 12.2 Å². The number of rotatable bonds is 3. The average molecular weight is 229 g/mol. The molecule has 1 aromatic rings. The Labute approximate surface area is 81.3 Å². The van der Waals surface area contributed by atoms with Gasteiger partial charge in [-0.15, -0.1) is 0 Å². The van der Waals surface area contributed by atoms with Crippen LogP contribution in [0.5, 0.6) is 0 Å². The highest BCUT2D eigenvalue weighted by Crippen LogP contribution is 2.48. The second-order valence-corrected chi connectivity index (χ2v) is 4.06. The van der Waals surface area contributed by atoms with Gasteiger partial charge in [0.1, 0.15) is 11.5 Å². The van der Waals surface area contributed by atoms with Crippen LogP contribution >= 0.6 is 15.9 Å². The Morgan fingerprint density at radius 2 is 2.42 bits per heavy atom. The number of halogens is 1. The van der Waals surface area contributed by atoms with Gasteiger partial charge in [-0.25, -0.2) is 0 Å². The van der Waals surface area contributed by atoms with Crippen LogP contribution in [0.25, 0.3) is 0 Å². The van der Waals surface area contributed by atoms with Gasteiger partial charge in [-0.1, -0.05) is 22.9 Å². The van der Waals surface area contributed by atoms with Crippen LogP contribution in [0.3, 0.4) is 0 Å². The van der Waals surface area contributed by atoms with E-state index in [0.717, 1.165) is 23.4 Å². The van der Waals surface area contributed by atoms with E-state index >= 15 is 0 Å². The summed E-state index contributed by atoms with van der Waals surface area (Å²) >= 11 is 3.50. The van der Waals surface area contributed by atoms with Gasteiger partial charge in [-0.05, 0) is 24.5 Å². The summed E-state index contributed by atoms with van der Waals surface area (Å²) in [5.41, 5.74) is 0. The van der Waals surface area contributed by atoms with Gasteiger partial charge in [-0.2, -0.15) is 0 Å². The molecule has 1 nitrogen and oxygen atoms in total. The summed E-state index contributed by atoms with van der Waals surface area (Å²) < 4.78 is 5.67. The summed E-state index contributed by atoms with van der Waals surface area (Å²) in [6.07, 6.45) is 2.30. The zero-order valence-electron chi connectivity index (χ0n) is 7.22. The summed E-state index contributed by atoms with van der Waals surface area (Å²) in [4.78, 5) is 0. The summed E-state index contributed by atoms with van der Waals surface area (Å²) in [6, 6.07) is 4.23. The summed E-state index contributed by atoms with van der Waals surface area (Å²) in [6.45, 7) is 2.12. The number of aryl methyl sites for hydroxylation is 1. The predicted octanol–water partition coefficient (Wildman–Crippen LogP) is 3.34. The van der Waals surface area contributed by atoms with Gasteiger partial charge >= 0.3 is 0 Å². The Morgan fingerprint density at radius 1 is 1.58 bits per heavy atom. The first-order chi connectivity index (χ1) is 5.85. The molecule has 66 valence electrons. The lowest BCUT2D eigenvalue weighted by molar-refractivity contribution is 0.467. The van der Waals surface area contributed by atoms with Crippen LogP contribution < -0.4 is 0 Å². The maximum atomic E-state index is 5.67. The fourth-order valence-corrected chi connectivity index (χ4v) is 2.27. The maximum absolute atomic E-state index is 5.67. The predicted molar refractivity (Wildman–Crippen MR) is 52.7 cm³/mol. The molecule has 1 aromatic heterocycles. The van der Waals surface area contributed by atoms with E-state index in [1.54, 1.807) is 0 Å². The molecule has 2 atom stereocenters. The summed E-state index contributed by atoms with van der Waals surface area (Å²) in [5, 5.41) is 1.11. The molecular formula is C10H13BrO. The molecule has 0 aliphatic heterocycles. The number of furan rings is 1. The van der Waals surface area contributed by atoms with Gasteiger partial charge in [0.2, 0.25) is 0 Å². The van der Waals surface area contributed by atoms with Crippen molar-refractivity contribution in [3.05, 3.63) is 23.7 Å². The monoisotopic (exact) mass is 228 g/mol. The molecule has 1 saturated carbocycles. The van der Waals surface area contributed by atoms with Crippen LogP contribution in [0.4, 0.5) is 0 Å². The highest BCUT2D eigenvalue weighted by atomic mass is 79.9. The van der Waals surface area contributed by atoms with E-state index in [1.807, 2.05) is 0 Å². The lowest BCUT2D eigenvalue weighted by Gasteiger charge is -1.91. The van der Waals surface area contributed by atoms with Gasteiger partial charge in [0.25, 0.3) is 0 Å². The molecule has 1 aliphatic carbocycles. The number of hydrogen-bond donors (Lipinski definition) is 0.